The Kier molecular flexibility index (Phi) is 1.41. The molecule has 0 atom stereocenters. The summed E-state index contributed by atoms with van der Waals surface area (Å²) in [6.07, 6.45) is 5.49. The second-order valence-corrected chi connectivity index (χ2v) is 4.10. The van der Waals surface area contributed by atoms with Gasteiger partial charge in [-0.3, -0.25) is 0 Å². The van der Waals surface area contributed by atoms with Crippen molar-refractivity contribution in [1.82, 2.24) is 4.40 Å². The molecular weight excluding hydrogens is 170 g/mol. The van der Waals surface area contributed by atoms with Gasteiger partial charge in [-0.05, 0) is 49.1 Å². The molecule has 0 saturated carbocycles. The summed E-state index contributed by atoms with van der Waals surface area (Å²) in [7, 11) is 0. The van der Waals surface area contributed by atoms with Crippen LogP contribution in [0.1, 0.15) is 25.0 Å². The molecule has 2 heterocycles. The molecule has 70 valence electrons. The zero-order chi connectivity index (χ0) is 9.71. The molecule has 2 aromatic rings. The lowest BCUT2D eigenvalue weighted by Crippen LogP contribution is -1.84. The maximum Gasteiger partial charge on any atom is 0.0491 e. The Labute approximate surface area is 83.7 Å². The highest BCUT2D eigenvalue weighted by Gasteiger charge is 2.19. The molecule has 2 aromatic heterocycles. The van der Waals surface area contributed by atoms with E-state index in [9.17, 15) is 0 Å². The SMILES string of the molecule is CC1=C(C)c2cn3ccccc3c2C1. The normalized spacial score (nSPS) is 15.3. The Morgan fingerprint density at radius 1 is 1.21 bits per heavy atom. The van der Waals surface area contributed by atoms with E-state index in [1.165, 1.54) is 27.8 Å². The highest BCUT2D eigenvalue weighted by Crippen LogP contribution is 2.35. The summed E-state index contributed by atoms with van der Waals surface area (Å²) in [5.74, 6) is 0. The van der Waals surface area contributed by atoms with Crippen molar-refractivity contribution < 1.29 is 0 Å². The van der Waals surface area contributed by atoms with Crippen molar-refractivity contribution in [3.8, 4) is 0 Å². The predicted molar refractivity (Wildman–Crippen MR) is 59.4 cm³/mol. The molecule has 0 bridgehead atoms. The molecule has 1 aliphatic rings. The van der Waals surface area contributed by atoms with Crippen molar-refractivity contribution in [2.75, 3.05) is 0 Å². The van der Waals surface area contributed by atoms with Crippen LogP contribution in [-0.2, 0) is 6.42 Å². The number of rotatable bonds is 0. The van der Waals surface area contributed by atoms with Gasteiger partial charge >= 0.3 is 0 Å². The second-order valence-electron chi connectivity index (χ2n) is 4.10. The van der Waals surface area contributed by atoms with Crippen molar-refractivity contribution >= 4 is 11.1 Å². The van der Waals surface area contributed by atoms with E-state index in [0.717, 1.165) is 6.42 Å². The summed E-state index contributed by atoms with van der Waals surface area (Å²) < 4.78 is 2.22. The molecule has 0 N–H and O–H groups in total. The van der Waals surface area contributed by atoms with Gasteiger partial charge in [-0.2, -0.15) is 0 Å². The van der Waals surface area contributed by atoms with Crippen LogP contribution < -0.4 is 0 Å². The van der Waals surface area contributed by atoms with Crippen LogP contribution in [0, 0.1) is 0 Å². The minimum Gasteiger partial charge on any atom is -0.323 e. The average Bonchev–Trinajstić information content (AvgIpc) is 2.67. The van der Waals surface area contributed by atoms with E-state index in [4.69, 9.17) is 0 Å². The van der Waals surface area contributed by atoms with Crippen LogP contribution >= 0.6 is 0 Å². The lowest BCUT2D eigenvalue weighted by Gasteiger charge is -1.97. The number of fused-ring (bicyclic) bond motifs is 3. The zero-order valence-corrected chi connectivity index (χ0v) is 8.54. The fourth-order valence-electron chi connectivity index (χ4n) is 2.32. The Balaban J connectivity index is 2.39. The fourth-order valence-corrected chi connectivity index (χ4v) is 2.32. The Morgan fingerprint density at radius 3 is 2.93 bits per heavy atom. The molecule has 0 amide bonds. The standard InChI is InChI=1S/C13H13N/c1-9-7-11-12(10(9)2)8-14-6-4-3-5-13(11)14/h3-6,8H,7H2,1-2H3. The molecule has 0 saturated heterocycles. The number of hydrogen-bond acceptors (Lipinski definition) is 0. The summed E-state index contributed by atoms with van der Waals surface area (Å²) in [6.45, 7) is 4.45. The molecule has 0 spiro atoms. The van der Waals surface area contributed by atoms with E-state index in [-0.39, 0.29) is 0 Å². The average molecular weight is 183 g/mol. The highest BCUT2D eigenvalue weighted by atomic mass is 14.9. The quantitative estimate of drug-likeness (QED) is 0.590. The van der Waals surface area contributed by atoms with Gasteiger partial charge in [0.2, 0.25) is 0 Å². The number of allylic oxidation sites excluding steroid dienone is 2. The third-order valence-corrected chi connectivity index (χ3v) is 3.28. The number of hydrogen-bond donors (Lipinski definition) is 0. The summed E-state index contributed by atoms with van der Waals surface area (Å²) in [5.41, 5.74) is 7.28. The van der Waals surface area contributed by atoms with Crippen molar-refractivity contribution in [2.45, 2.75) is 20.3 Å². The third-order valence-electron chi connectivity index (χ3n) is 3.28. The molecule has 14 heavy (non-hydrogen) atoms. The van der Waals surface area contributed by atoms with Crippen molar-refractivity contribution in [1.29, 1.82) is 0 Å². The molecule has 3 rings (SSSR count). The van der Waals surface area contributed by atoms with Crippen LogP contribution in [0.15, 0.2) is 36.2 Å². The van der Waals surface area contributed by atoms with Crippen molar-refractivity contribution in [3.63, 3.8) is 0 Å². The Hall–Kier alpha value is -1.50. The molecule has 0 aromatic carbocycles. The first-order chi connectivity index (χ1) is 6.77. The summed E-state index contributed by atoms with van der Waals surface area (Å²) in [6, 6.07) is 6.39. The maximum atomic E-state index is 2.25. The minimum absolute atomic E-state index is 1.13. The smallest absolute Gasteiger partial charge is 0.0491 e. The van der Waals surface area contributed by atoms with E-state index in [2.05, 4.69) is 48.8 Å². The molecule has 0 aliphatic heterocycles. The van der Waals surface area contributed by atoms with Gasteiger partial charge in [0.1, 0.15) is 0 Å². The molecule has 1 nitrogen and oxygen atoms in total. The largest absolute Gasteiger partial charge is 0.323 e. The lowest BCUT2D eigenvalue weighted by molar-refractivity contribution is 1.16. The fraction of sp³-hybridized carbons (Fsp3) is 0.231. The molecule has 1 aliphatic carbocycles. The van der Waals surface area contributed by atoms with E-state index in [1.807, 2.05) is 0 Å². The van der Waals surface area contributed by atoms with Gasteiger partial charge in [-0.1, -0.05) is 11.6 Å². The zero-order valence-electron chi connectivity index (χ0n) is 8.54. The second kappa shape index (κ2) is 2.50. The molecule has 0 unspecified atom stereocenters. The van der Waals surface area contributed by atoms with E-state index in [1.54, 1.807) is 0 Å². The van der Waals surface area contributed by atoms with E-state index >= 15 is 0 Å². The van der Waals surface area contributed by atoms with Gasteiger partial charge in [0.05, 0.1) is 0 Å². The lowest BCUT2D eigenvalue weighted by atomic mass is 10.1. The number of pyridine rings is 1. The Bertz CT molecular complexity index is 543. The first-order valence-corrected chi connectivity index (χ1v) is 5.02. The van der Waals surface area contributed by atoms with Gasteiger partial charge in [0.25, 0.3) is 0 Å². The van der Waals surface area contributed by atoms with Crippen LogP contribution in [0.2, 0.25) is 0 Å². The first-order valence-electron chi connectivity index (χ1n) is 5.02. The van der Waals surface area contributed by atoms with Crippen LogP contribution in [0.5, 0.6) is 0 Å². The van der Waals surface area contributed by atoms with Crippen molar-refractivity contribution in [2.24, 2.45) is 0 Å². The van der Waals surface area contributed by atoms with Gasteiger partial charge in [-0.25, -0.2) is 0 Å². The molecule has 0 fully saturated rings. The maximum absolute atomic E-state index is 2.25. The topological polar surface area (TPSA) is 4.41 Å². The number of aromatic nitrogens is 1. The number of nitrogens with zero attached hydrogens (tertiary/aromatic N) is 1. The van der Waals surface area contributed by atoms with Crippen molar-refractivity contribution in [3.05, 3.63) is 47.3 Å². The summed E-state index contributed by atoms with van der Waals surface area (Å²) in [4.78, 5) is 0. The van der Waals surface area contributed by atoms with Crippen LogP contribution in [0.4, 0.5) is 0 Å². The van der Waals surface area contributed by atoms with Gasteiger partial charge < -0.3 is 4.40 Å². The van der Waals surface area contributed by atoms with E-state index in [0.29, 0.717) is 0 Å². The minimum atomic E-state index is 1.13. The molecular formula is C13H13N. The predicted octanol–water partition coefficient (Wildman–Crippen LogP) is 3.29. The first kappa shape index (κ1) is 7.86. The highest BCUT2D eigenvalue weighted by molar-refractivity contribution is 5.81. The van der Waals surface area contributed by atoms with Crippen LogP contribution in [0.3, 0.4) is 0 Å². The summed E-state index contributed by atoms with van der Waals surface area (Å²) in [5, 5.41) is 0. The van der Waals surface area contributed by atoms with Crippen LogP contribution in [-0.4, -0.2) is 4.40 Å². The monoisotopic (exact) mass is 183 g/mol. The van der Waals surface area contributed by atoms with E-state index < -0.39 is 0 Å². The van der Waals surface area contributed by atoms with Gasteiger partial charge in [0, 0.05) is 17.9 Å². The van der Waals surface area contributed by atoms with Crippen LogP contribution in [0.25, 0.3) is 11.1 Å². The van der Waals surface area contributed by atoms with Gasteiger partial charge in [-0.15, -0.1) is 0 Å². The van der Waals surface area contributed by atoms with Gasteiger partial charge in [0.15, 0.2) is 0 Å². The third kappa shape index (κ3) is 0.844. The molecule has 0 radical (unpaired) electrons. The summed E-state index contributed by atoms with van der Waals surface area (Å²) >= 11 is 0. The molecule has 1 heteroatoms. The Morgan fingerprint density at radius 2 is 2.07 bits per heavy atom.